The minimum atomic E-state index is -0.617. The molecule has 0 radical (unpaired) electrons. The number of fused-ring (bicyclic) bond motifs is 1. The number of esters is 1. The average Bonchev–Trinajstić information content (AvgIpc) is 2.70. The van der Waals surface area contributed by atoms with Crippen LogP contribution in [-0.2, 0) is 16.1 Å². The molecule has 27 heavy (non-hydrogen) atoms. The van der Waals surface area contributed by atoms with Gasteiger partial charge in [-0.15, -0.1) is 0 Å². The predicted octanol–water partition coefficient (Wildman–Crippen LogP) is 1.83. The van der Waals surface area contributed by atoms with Crippen LogP contribution in [-0.4, -0.2) is 35.6 Å². The van der Waals surface area contributed by atoms with Crippen molar-refractivity contribution in [1.29, 1.82) is 0 Å². The molecule has 0 aliphatic heterocycles. The van der Waals surface area contributed by atoms with Crippen molar-refractivity contribution in [3.8, 4) is 5.75 Å². The highest BCUT2D eigenvalue weighted by Gasteiger charge is 2.16. The van der Waals surface area contributed by atoms with E-state index in [-0.39, 0.29) is 23.4 Å². The minimum Gasteiger partial charge on any atom is -0.497 e. The van der Waals surface area contributed by atoms with Gasteiger partial charge in [-0.3, -0.25) is 14.2 Å². The van der Waals surface area contributed by atoms with Gasteiger partial charge in [0.1, 0.15) is 12.3 Å². The molecule has 0 aliphatic rings. The third-order valence-electron chi connectivity index (χ3n) is 3.95. The topological polar surface area (TPSA) is 99.5 Å². The van der Waals surface area contributed by atoms with Crippen molar-refractivity contribution in [2.45, 2.75) is 6.54 Å². The molecule has 0 spiro atoms. The molecule has 8 heteroatoms. The smallest absolute Gasteiger partial charge is 0.340 e. The molecular weight excluding hydrogens is 350 g/mol. The molecule has 3 aromatic rings. The number of methoxy groups -OCH3 is 2. The van der Waals surface area contributed by atoms with Gasteiger partial charge in [0.15, 0.2) is 0 Å². The Balaban J connectivity index is 1.85. The van der Waals surface area contributed by atoms with E-state index in [1.54, 1.807) is 30.3 Å². The van der Waals surface area contributed by atoms with E-state index in [0.717, 1.165) is 0 Å². The molecule has 2 aromatic carbocycles. The number of benzene rings is 2. The number of carbonyl (C=O) groups excluding carboxylic acids is 2. The largest absolute Gasteiger partial charge is 0.497 e. The van der Waals surface area contributed by atoms with Crippen molar-refractivity contribution in [1.82, 2.24) is 9.55 Å². The van der Waals surface area contributed by atoms with Crippen LogP contribution in [0.1, 0.15) is 10.4 Å². The first-order chi connectivity index (χ1) is 13.0. The first-order valence-corrected chi connectivity index (χ1v) is 8.04. The number of hydrogen-bond donors (Lipinski definition) is 1. The van der Waals surface area contributed by atoms with Crippen LogP contribution in [0.3, 0.4) is 0 Å². The maximum atomic E-state index is 12.5. The fourth-order valence-electron chi connectivity index (χ4n) is 2.60. The number of nitrogens with one attached hydrogen (secondary N) is 1. The summed E-state index contributed by atoms with van der Waals surface area (Å²) in [6, 6.07) is 11.5. The second-order valence-corrected chi connectivity index (χ2v) is 5.65. The number of anilines is 1. The molecule has 0 fully saturated rings. The summed E-state index contributed by atoms with van der Waals surface area (Å²) in [5.74, 6) is -0.651. The Bertz CT molecular complexity index is 1070. The van der Waals surface area contributed by atoms with Crippen LogP contribution >= 0.6 is 0 Å². The molecule has 0 saturated heterocycles. The first-order valence-electron chi connectivity index (χ1n) is 8.04. The zero-order chi connectivity index (χ0) is 19.4. The molecule has 8 nitrogen and oxygen atoms in total. The van der Waals surface area contributed by atoms with Crippen LogP contribution in [0.2, 0.25) is 0 Å². The second-order valence-electron chi connectivity index (χ2n) is 5.65. The Labute approximate surface area is 154 Å². The molecule has 3 rings (SSSR count). The average molecular weight is 367 g/mol. The molecule has 1 heterocycles. The Morgan fingerprint density at radius 3 is 2.67 bits per heavy atom. The van der Waals surface area contributed by atoms with E-state index in [1.807, 2.05) is 0 Å². The molecule has 1 aromatic heterocycles. The summed E-state index contributed by atoms with van der Waals surface area (Å²) in [5, 5.41) is 3.04. The lowest BCUT2D eigenvalue weighted by Gasteiger charge is -2.12. The molecule has 0 bridgehead atoms. The van der Waals surface area contributed by atoms with Gasteiger partial charge in [-0.05, 0) is 30.3 Å². The van der Waals surface area contributed by atoms with Gasteiger partial charge in [0.25, 0.3) is 5.56 Å². The quantitative estimate of drug-likeness (QED) is 0.691. The van der Waals surface area contributed by atoms with Crippen LogP contribution in [0.5, 0.6) is 5.75 Å². The maximum absolute atomic E-state index is 12.5. The summed E-state index contributed by atoms with van der Waals surface area (Å²) in [6.45, 7) is -0.247. The number of aromatic nitrogens is 2. The van der Waals surface area contributed by atoms with E-state index in [9.17, 15) is 14.4 Å². The van der Waals surface area contributed by atoms with E-state index in [2.05, 4.69) is 10.3 Å². The molecule has 0 saturated carbocycles. The normalized spacial score (nSPS) is 10.4. The number of rotatable bonds is 5. The van der Waals surface area contributed by atoms with Crippen molar-refractivity contribution < 1.29 is 19.1 Å². The lowest BCUT2D eigenvalue weighted by molar-refractivity contribution is -0.116. The molecule has 1 amide bonds. The van der Waals surface area contributed by atoms with Crippen molar-refractivity contribution >= 4 is 28.5 Å². The zero-order valence-corrected chi connectivity index (χ0v) is 14.8. The van der Waals surface area contributed by atoms with Gasteiger partial charge in [0.05, 0.1) is 42.7 Å². The number of carbonyl (C=O) groups is 2. The number of amides is 1. The molecule has 0 unspecified atom stereocenters. The first kappa shape index (κ1) is 18.1. The van der Waals surface area contributed by atoms with Gasteiger partial charge in [-0.2, -0.15) is 0 Å². The summed E-state index contributed by atoms with van der Waals surface area (Å²) >= 11 is 0. The van der Waals surface area contributed by atoms with Gasteiger partial charge in [0.2, 0.25) is 5.91 Å². The maximum Gasteiger partial charge on any atom is 0.340 e. The van der Waals surface area contributed by atoms with Gasteiger partial charge in [-0.25, -0.2) is 9.78 Å². The van der Waals surface area contributed by atoms with Gasteiger partial charge < -0.3 is 14.8 Å². The second kappa shape index (κ2) is 7.69. The van der Waals surface area contributed by atoms with Crippen LogP contribution in [0.15, 0.2) is 53.6 Å². The van der Waals surface area contributed by atoms with Gasteiger partial charge in [0, 0.05) is 0 Å². The molecule has 0 aliphatic carbocycles. The van der Waals surface area contributed by atoms with Crippen LogP contribution in [0.4, 0.5) is 5.69 Å². The molecular formula is C19H17N3O5. The molecule has 0 atom stereocenters. The molecule has 1 N–H and O–H groups in total. The van der Waals surface area contributed by atoms with Gasteiger partial charge >= 0.3 is 5.97 Å². The van der Waals surface area contributed by atoms with E-state index in [4.69, 9.17) is 9.47 Å². The third kappa shape index (κ3) is 3.79. The van der Waals surface area contributed by atoms with Crippen molar-refractivity contribution in [3.05, 3.63) is 64.7 Å². The Morgan fingerprint density at radius 2 is 1.93 bits per heavy atom. The summed E-state index contributed by atoms with van der Waals surface area (Å²) in [5.41, 5.74) is 0.643. The number of ether oxygens (including phenoxy) is 2. The Morgan fingerprint density at radius 1 is 1.15 bits per heavy atom. The van der Waals surface area contributed by atoms with E-state index >= 15 is 0 Å². The number of para-hydroxylation sites is 1. The third-order valence-corrected chi connectivity index (χ3v) is 3.95. The number of hydrogen-bond acceptors (Lipinski definition) is 6. The summed E-state index contributed by atoms with van der Waals surface area (Å²) in [7, 11) is 2.71. The van der Waals surface area contributed by atoms with E-state index < -0.39 is 11.9 Å². The highest BCUT2D eigenvalue weighted by Crippen LogP contribution is 2.23. The Hall–Kier alpha value is -3.68. The standard InChI is InChI=1S/C19H17N3O5/c1-26-12-7-8-16(14(9-12)19(25)27-2)21-17(23)10-22-11-20-15-6-4-3-5-13(15)18(22)24/h3-9,11H,10H2,1-2H3,(H,21,23). The fraction of sp³-hybridized carbons (Fsp3) is 0.158. The molecule has 138 valence electrons. The zero-order valence-electron chi connectivity index (χ0n) is 14.8. The van der Waals surface area contributed by atoms with Crippen LogP contribution < -0.4 is 15.6 Å². The monoisotopic (exact) mass is 367 g/mol. The summed E-state index contributed by atoms with van der Waals surface area (Å²) in [4.78, 5) is 41.0. The van der Waals surface area contributed by atoms with Crippen LogP contribution in [0.25, 0.3) is 10.9 Å². The lowest BCUT2D eigenvalue weighted by Crippen LogP contribution is -2.28. The predicted molar refractivity (Wildman–Crippen MR) is 99.0 cm³/mol. The highest BCUT2D eigenvalue weighted by molar-refractivity contribution is 6.01. The van der Waals surface area contributed by atoms with Crippen molar-refractivity contribution in [2.24, 2.45) is 0 Å². The lowest BCUT2D eigenvalue weighted by atomic mass is 10.1. The van der Waals surface area contributed by atoms with Crippen molar-refractivity contribution in [3.63, 3.8) is 0 Å². The number of nitrogens with zero attached hydrogens (tertiary/aromatic N) is 2. The van der Waals surface area contributed by atoms with E-state index in [0.29, 0.717) is 16.7 Å². The fourth-order valence-corrected chi connectivity index (χ4v) is 2.60. The summed E-state index contributed by atoms with van der Waals surface area (Å²) < 4.78 is 11.0. The van der Waals surface area contributed by atoms with Gasteiger partial charge in [-0.1, -0.05) is 12.1 Å². The van der Waals surface area contributed by atoms with E-state index in [1.165, 1.54) is 37.2 Å². The highest BCUT2D eigenvalue weighted by atomic mass is 16.5. The SMILES string of the molecule is COC(=O)c1cc(OC)ccc1NC(=O)Cn1cnc2ccccc2c1=O. The van der Waals surface area contributed by atoms with Crippen LogP contribution in [0, 0.1) is 0 Å². The van der Waals surface area contributed by atoms with Crippen molar-refractivity contribution in [2.75, 3.05) is 19.5 Å². The minimum absolute atomic E-state index is 0.147. The Kier molecular flexibility index (Phi) is 5.16. The summed E-state index contributed by atoms with van der Waals surface area (Å²) in [6.07, 6.45) is 1.32.